The maximum absolute atomic E-state index is 4.12. The van der Waals surface area contributed by atoms with Crippen LogP contribution < -0.4 is 0 Å². The van der Waals surface area contributed by atoms with Crippen molar-refractivity contribution in [2.75, 3.05) is 6.26 Å². The Morgan fingerprint density at radius 1 is 1.70 bits per heavy atom. The average molecular weight is 151 g/mol. The molecule has 0 spiro atoms. The quantitative estimate of drug-likeness (QED) is 0.602. The van der Waals surface area contributed by atoms with Crippen LogP contribution in [0.2, 0.25) is 0 Å². The van der Waals surface area contributed by atoms with Gasteiger partial charge in [0.05, 0.1) is 5.03 Å². The molecule has 0 saturated heterocycles. The summed E-state index contributed by atoms with van der Waals surface area (Å²) in [6.07, 6.45) is 5.62. The van der Waals surface area contributed by atoms with Crippen molar-refractivity contribution in [3.05, 3.63) is 30.5 Å². The van der Waals surface area contributed by atoms with Gasteiger partial charge in [-0.15, -0.1) is 11.8 Å². The number of hydrogen-bond donors (Lipinski definition) is 0. The predicted octanol–water partition coefficient (Wildman–Crippen LogP) is 2.45. The molecule has 0 aliphatic heterocycles. The van der Waals surface area contributed by atoms with Gasteiger partial charge < -0.3 is 0 Å². The number of thioether (sulfide) groups is 1. The molecule has 0 aliphatic rings. The molecule has 0 saturated carbocycles. The Morgan fingerprint density at radius 3 is 3.10 bits per heavy atom. The minimum atomic E-state index is 1.04. The van der Waals surface area contributed by atoms with Crippen molar-refractivity contribution in [1.82, 2.24) is 4.98 Å². The Labute approximate surface area is 65.2 Å². The van der Waals surface area contributed by atoms with Crippen LogP contribution in [0, 0.1) is 0 Å². The molecule has 2 heteroatoms. The number of aromatic nitrogens is 1. The minimum Gasteiger partial charge on any atom is -0.250 e. The van der Waals surface area contributed by atoms with Crippen molar-refractivity contribution in [2.45, 2.75) is 5.03 Å². The Morgan fingerprint density at radius 2 is 2.50 bits per heavy atom. The summed E-state index contributed by atoms with van der Waals surface area (Å²) in [4.78, 5) is 4.12. The summed E-state index contributed by atoms with van der Waals surface area (Å²) in [5, 5.41) is 1.04. The monoisotopic (exact) mass is 151 g/mol. The van der Waals surface area contributed by atoms with Gasteiger partial charge in [0.2, 0.25) is 0 Å². The molecule has 0 N–H and O–H groups in total. The molecule has 1 rings (SSSR count). The summed E-state index contributed by atoms with van der Waals surface area (Å²) in [7, 11) is 0. The third kappa shape index (κ3) is 1.61. The van der Waals surface area contributed by atoms with Crippen molar-refractivity contribution >= 4 is 17.8 Å². The molecule has 0 atom stereocenters. The lowest BCUT2D eigenvalue weighted by Crippen LogP contribution is -1.78. The highest BCUT2D eigenvalue weighted by Crippen LogP contribution is 2.12. The van der Waals surface area contributed by atoms with Gasteiger partial charge in [-0.1, -0.05) is 12.7 Å². The molecule has 0 aromatic carbocycles. The van der Waals surface area contributed by atoms with E-state index < -0.39 is 0 Å². The van der Waals surface area contributed by atoms with Gasteiger partial charge in [0, 0.05) is 6.20 Å². The Bertz CT molecular complexity index is 232. The SMILES string of the molecule is C=Cc1ccnc(SC)c1. The van der Waals surface area contributed by atoms with Gasteiger partial charge in [0.25, 0.3) is 0 Å². The average Bonchev–Trinajstić information content (AvgIpc) is 2.05. The first kappa shape index (κ1) is 7.35. The molecule has 0 bridgehead atoms. The molecule has 10 heavy (non-hydrogen) atoms. The molecule has 0 aliphatic carbocycles. The number of pyridine rings is 1. The largest absolute Gasteiger partial charge is 0.250 e. The van der Waals surface area contributed by atoms with Crippen LogP contribution >= 0.6 is 11.8 Å². The third-order valence-electron chi connectivity index (χ3n) is 1.20. The molecular formula is C8H9NS. The van der Waals surface area contributed by atoms with E-state index in [0.717, 1.165) is 10.6 Å². The van der Waals surface area contributed by atoms with E-state index in [4.69, 9.17) is 0 Å². The fourth-order valence-corrected chi connectivity index (χ4v) is 1.08. The second-order valence-corrected chi connectivity index (χ2v) is 2.66. The summed E-state index contributed by atoms with van der Waals surface area (Å²) in [6, 6.07) is 3.95. The smallest absolute Gasteiger partial charge is 0.0963 e. The lowest BCUT2D eigenvalue weighted by atomic mass is 10.3. The first-order valence-corrected chi connectivity index (χ1v) is 4.22. The molecule has 0 amide bonds. The van der Waals surface area contributed by atoms with Gasteiger partial charge in [-0.2, -0.15) is 0 Å². The van der Waals surface area contributed by atoms with E-state index in [1.54, 1.807) is 18.0 Å². The van der Waals surface area contributed by atoms with Crippen LogP contribution in [0.25, 0.3) is 6.08 Å². The molecule has 0 radical (unpaired) electrons. The second kappa shape index (κ2) is 3.42. The van der Waals surface area contributed by atoms with Crippen molar-refractivity contribution in [3.8, 4) is 0 Å². The van der Waals surface area contributed by atoms with Gasteiger partial charge in [-0.05, 0) is 24.0 Å². The summed E-state index contributed by atoms with van der Waals surface area (Å²) in [5.74, 6) is 0. The highest BCUT2D eigenvalue weighted by Gasteiger charge is 1.89. The number of rotatable bonds is 2. The van der Waals surface area contributed by atoms with Crippen LogP contribution in [-0.4, -0.2) is 11.2 Å². The van der Waals surface area contributed by atoms with Gasteiger partial charge in [0.1, 0.15) is 0 Å². The fraction of sp³-hybridized carbons (Fsp3) is 0.125. The fourth-order valence-electron chi connectivity index (χ4n) is 0.663. The standard InChI is InChI=1S/C8H9NS/c1-3-7-4-5-9-8(6-7)10-2/h3-6H,1H2,2H3. The lowest BCUT2D eigenvalue weighted by molar-refractivity contribution is 1.13. The topological polar surface area (TPSA) is 12.9 Å². The summed E-state index contributed by atoms with van der Waals surface area (Å²) in [5.41, 5.74) is 1.12. The molecule has 1 aromatic heterocycles. The van der Waals surface area contributed by atoms with E-state index in [-0.39, 0.29) is 0 Å². The van der Waals surface area contributed by atoms with Crippen LogP contribution in [0.5, 0.6) is 0 Å². The molecule has 52 valence electrons. The zero-order chi connectivity index (χ0) is 7.40. The maximum atomic E-state index is 4.12. The lowest BCUT2D eigenvalue weighted by Gasteiger charge is -1.94. The summed E-state index contributed by atoms with van der Waals surface area (Å²) in [6.45, 7) is 3.67. The van der Waals surface area contributed by atoms with E-state index in [2.05, 4.69) is 11.6 Å². The summed E-state index contributed by atoms with van der Waals surface area (Å²) < 4.78 is 0. The maximum Gasteiger partial charge on any atom is 0.0963 e. The van der Waals surface area contributed by atoms with Crippen molar-refractivity contribution in [2.24, 2.45) is 0 Å². The molecule has 1 nitrogen and oxygen atoms in total. The number of nitrogens with zero attached hydrogens (tertiary/aromatic N) is 1. The normalized spacial score (nSPS) is 9.30. The van der Waals surface area contributed by atoms with Crippen LogP contribution in [0.1, 0.15) is 5.56 Å². The molecule has 0 unspecified atom stereocenters. The van der Waals surface area contributed by atoms with Crippen LogP contribution in [0.3, 0.4) is 0 Å². The predicted molar refractivity (Wildman–Crippen MR) is 46.1 cm³/mol. The minimum absolute atomic E-state index is 1.04. The molecule has 1 heterocycles. The van der Waals surface area contributed by atoms with Crippen LogP contribution in [0.4, 0.5) is 0 Å². The first-order valence-electron chi connectivity index (χ1n) is 2.99. The second-order valence-electron chi connectivity index (χ2n) is 1.84. The Kier molecular flexibility index (Phi) is 2.51. The van der Waals surface area contributed by atoms with E-state index >= 15 is 0 Å². The Hall–Kier alpha value is -0.760. The van der Waals surface area contributed by atoms with Crippen molar-refractivity contribution in [3.63, 3.8) is 0 Å². The molecule has 0 fully saturated rings. The van der Waals surface area contributed by atoms with Crippen LogP contribution in [-0.2, 0) is 0 Å². The molecular weight excluding hydrogens is 142 g/mol. The zero-order valence-electron chi connectivity index (χ0n) is 5.87. The zero-order valence-corrected chi connectivity index (χ0v) is 6.69. The van der Waals surface area contributed by atoms with Gasteiger partial charge in [0.15, 0.2) is 0 Å². The van der Waals surface area contributed by atoms with Gasteiger partial charge in [-0.3, -0.25) is 0 Å². The summed E-state index contributed by atoms with van der Waals surface area (Å²) >= 11 is 1.64. The highest BCUT2D eigenvalue weighted by atomic mass is 32.2. The first-order chi connectivity index (χ1) is 4.86. The van der Waals surface area contributed by atoms with E-state index in [0.29, 0.717) is 0 Å². The van der Waals surface area contributed by atoms with Crippen molar-refractivity contribution in [1.29, 1.82) is 0 Å². The van der Waals surface area contributed by atoms with Crippen LogP contribution in [0.15, 0.2) is 29.9 Å². The van der Waals surface area contributed by atoms with E-state index in [9.17, 15) is 0 Å². The third-order valence-corrected chi connectivity index (χ3v) is 1.85. The number of hydrogen-bond acceptors (Lipinski definition) is 2. The highest BCUT2D eigenvalue weighted by molar-refractivity contribution is 7.98. The van der Waals surface area contributed by atoms with Gasteiger partial charge >= 0.3 is 0 Å². The molecule has 1 aromatic rings. The van der Waals surface area contributed by atoms with Crippen molar-refractivity contribution < 1.29 is 0 Å². The van der Waals surface area contributed by atoms with Gasteiger partial charge in [-0.25, -0.2) is 4.98 Å². The van der Waals surface area contributed by atoms with E-state index in [1.165, 1.54) is 0 Å². The van der Waals surface area contributed by atoms with E-state index in [1.807, 2.05) is 24.5 Å². The Balaban J connectivity index is 2.98.